The van der Waals surface area contributed by atoms with Crippen LogP contribution in [-0.2, 0) is 0 Å². The van der Waals surface area contributed by atoms with Gasteiger partial charge in [0, 0.05) is 30.4 Å². The average molecular weight is 469 g/mol. The van der Waals surface area contributed by atoms with Gasteiger partial charge in [-0.05, 0) is 55.8 Å². The maximum atomic E-state index is 6.31. The molecule has 2 N–H and O–H groups in total. The van der Waals surface area contributed by atoms with Crippen molar-refractivity contribution >= 4 is 40.2 Å². The minimum absolute atomic E-state index is 0.299. The Kier molecular flexibility index (Phi) is 5.87. The number of ether oxygens (including phenoxy) is 1. The highest BCUT2D eigenvalue weighted by molar-refractivity contribution is 6.42. The Morgan fingerprint density at radius 3 is 2.78 bits per heavy atom. The van der Waals surface area contributed by atoms with Crippen molar-refractivity contribution in [1.29, 1.82) is 0 Å². The summed E-state index contributed by atoms with van der Waals surface area (Å²) >= 11 is 12.5. The molecule has 1 saturated heterocycles. The predicted molar refractivity (Wildman–Crippen MR) is 128 cm³/mol. The molecule has 0 unspecified atom stereocenters. The number of imidazole rings is 1. The number of halogens is 2. The summed E-state index contributed by atoms with van der Waals surface area (Å²) in [6.07, 6.45) is 3.97. The van der Waals surface area contributed by atoms with Crippen LogP contribution in [-0.4, -0.2) is 45.8 Å². The molecule has 0 bridgehead atoms. The molecule has 164 valence electrons. The summed E-state index contributed by atoms with van der Waals surface area (Å²) in [4.78, 5) is 14.1. The highest BCUT2D eigenvalue weighted by Gasteiger charge is 2.19. The summed E-state index contributed by atoms with van der Waals surface area (Å²) in [5.41, 5.74) is 2.52. The summed E-state index contributed by atoms with van der Waals surface area (Å²) < 4.78 is 7.44. The number of hydrogen-bond donors (Lipinski definition) is 2. The van der Waals surface area contributed by atoms with E-state index in [0.29, 0.717) is 33.7 Å². The number of nitrogens with one attached hydrogen (secondary N) is 2. The highest BCUT2D eigenvalue weighted by atomic mass is 35.5. The highest BCUT2D eigenvalue weighted by Crippen LogP contribution is 2.33. The zero-order valence-corrected chi connectivity index (χ0v) is 19.0. The maximum Gasteiger partial charge on any atom is 0.224 e. The van der Waals surface area contributed by atoms with E-state index < -0.39 is 0 Å². The van der Waals surface area contributed by atoms with E-state index >= 15 is 0 Å². The molecular formula is C23H22Cl2N6O. The van der Waals surface area contributed by atoms with Gasteiger partial charge in [-0.1, -0.05) is 23.2 Å². The van der Waals surface area contributed by atoms with Crippen LogP contribution in [0.2, 0.25) is 10.0 Å². The Bertz CT molecular complexity index is 1270. The molecule has 0 saturated carbocycles. The van der Waals surface area contributed by atoms with Crippen LogP contribution in [0.4, 0.5) is 5.95 Å². The van der Waals surface area contributed by atoms with Gasteiger partial charge in [-0.3, -0.25) is 4.57 Å². The van der Waals surface area contributed by atoms with E-state index in [1.54, 1.807) is 19.4 Å². The van der Waals surface area contributed by atoms with E-state index in [9.17, 15) is 0 Å². The molecule has 9 heteroatoms. The summed E-state index contributed by atoms with van der Waals surface area (Å²) in [7, 11) is 1.65. The third kappa shape index (κ3) is 4.11. The number of methoxy groups -OCH3 is 1. The molecule has 2 aromatic heterocycles. The first-order valence-electron chi connectivity index (χ1n) is 10.4. The Morgan fingerprint density at radius 2 is 2.00 bits per heavy atom. The Morgan fingerprint density at radius 1 is 1.09 bits per heavy atom. The fourth-order valence-electron chi connectivity index (χ4n) is 3.94. The average Bonchev–Trinajstić information content (AvgIpc) is 3.20. The molecule has 5 rings (SSSR count). The summed E-state index contributed by atoms with van der Waals surface area (Å²) in [5, 5.41) is 7.81. The third-order valence-electron chi connectivity index (χ3n) is 5.54. The number of hydrogen-bond acceptors (Lipinski definition) is 6. The lowest BCUT2D eigenvalue weighted by molar-refractivity contribution is 0.415. The SMILES string of the molecule is COc1ccc2nc(-c3ccc(Cl)c(Cl)c3)n(-c3ccnc(N[C@H]4CCCNC4)n3)c2c1. The molecule has 7 nitrogen and oxygen atoms in total. The van der Waals surface area contributed by atoms with Gasteiger partial charge in [0.2, 0.25) is 5.95 Å². The number of aromatic nitrogens is 4. The first-order valence-corrected chi connectivity index (χ1v) is 11.2. The normalized spacial score (nSPS) is 16.3. The van der Waals surface area contributed by atoms with E-state index in [0.717, 1.165) is 48.3 Å². The number of piperidine rings is 1. The van der Waals surface area contributed by atoms with Crippen molar-refractivity contribution in [2.45, 2.75) is 18.9 Å². The molecule has 1 aliphatic rings. The van der Waals surface area contributed by atoms with Crippen molar-refractivity contribution in [3.63, 3.8) is 0 Å². The molecule has 0 spiro atoms. The summed E-state index contributed by atoms with van der Waals surface area (Å²) in [6.45, 7) is 1.95. The molecule has 0 amide bonds. The van der Waals surface area contributed by atoms with Crippen LogP contribution < -0.4 is 15.4 Å². The van der Waals surface area contributed by atoms with E-state index in [1.165, 1.54) is 0 Å². The third-order valence-corrected chi connectivity index (χ3v) is 6.28. The molecule has 4 aromatic rings. The van der Waals surface area contributed by atoms with Gasteiger partial charge in [0.05, 0.1) is 28.2 Å². The second-order valence-electron chi connectivity index (χ2n) is 7.68. The van der Waals surface area contributed by atoms with Crippen LogP contribution in [0.15, 0.2) is 48.7 Å². The Balaban J connectivity index is 1.64. The molecule has 3 heterocycles. The largest absolute Gasteiger partial charge is 0.497 e. The minimum Gasteiger partial charge on any atom is -0.497 e. The maximum absolute atomic E-state index is 6.31. The fraction of sp³-hybridized carbons (Fsp3) is 0.261. The van der Waals surface area contributed by atoms with Crippen LogP contribution in [0.5, 0.6) is 5.75 Å². The lowest BCUT2D eigenvalue weighted by atomic mass is 10.1. The number of nitrogens with zero attached hydrogens (tertiary/aromatic N) is 4. The first kappa shape index (κ1) is 21.0. The Hall–Kier alpha value is -2.87. The number of rotatable bonds is 5. The predicted octanol–water partition coefficient (Wildman–Crippen LogP) is 4.96. The zero-order valence-electron chi connectivity index (χ0n) is 17.5. The summed E-state index contributed by atoms with van der Waals surface area (Å²) in [5.74, 6) is 2.72. The van der Waals surface area contributed by atoms with E-state index in [1.807, 2.05) is 41.0 Å². The number of anilines is 1. The molecule has 32 heavy (non-hydrogen) atoms. The smallest absolute Gasteiger partial charge is 0.224 e. The fourth-order valence-corrected chi connectivity index (χ4v) is 4.24. The van der Waals surface area contributed by atoms with Crippen LogP contribution in [0, 0.1) is 0 Å². The van der Waals surface area contributed by atoms with E-state index in [-0.39, 0.29) is 0 Å². The monoisotopic (exact) mass is 468 g/mol. The van der Waals surface area contributed by atoms with Crippen molar-refractivity contribution in [3.8, 4) is 23.0 Å². The molecule has 0 aliphatic carbocycles. The van der Waals surface area contributed by atoms with Crippen LogP contribution in [0.25, 0.3) is 28.2 Å². The first-order chi connectivity index (χ1) is 15.6. The number of fused-ring (bicyclic) bond motifs is 1. The topological polar surface area (TPSA) is 76.9 Å². The van der Waals surface area contributed by atoms with E-state index in [2.05, 4.69) is 15.6 Å². The number of benzene rings is 2. The van der Waals surface area contributed by atoms with Gasteiger partial charge < -0.3 is 15.4 Å². The van der Waals surface area contributed by atoms with Crippen LogP contribution in [0.3, 0.4) is 0 Å². The Labute approximate surface area is 195 Å². The van der Waals surface area contributed by atoms with Gasteiger partial charge in [-0.25, -0.2) is 9.97 Å². The van der Waals surface area contributed by atoms with Crippen molar-refractivity contribution in [3.05, 3.63) is 58.7 Å². The van der Waals surface area contributed by atoms with Crippen molar-refractivity contribution < 1.29 is 4.74 Å². The zero-order chi connectivity index (χ0) is 22.1. The van der Waals surface area contributed by atoms with Gasteiger partial charge in [0.25, 0.3) is 0 Å². The lowest BCUT2D eigenvalue weighted by Gasteiger charge is -2.23. The van der Waals surface area contributed by atoms with Crippen LogP contribution in [0.1, 0.15) is 12.8 Å². The summed E-state index contributed by atoms with van der Waals surface area (Å²) in [6, 6.07) is 13.4. The molecule has 2 aromatic carbocycles. The van der Waals surface area contributed by atoms with Crippen molar-refractivity contribution in [2.24, 2.45) is 0 Å². The second kappa shape index (κ2) is 8.94. The molecule has 1 atom stereocenters. The van der Waals surface area contributed by atoms with Crippen molar-refractivity contribution in [2.75, 3.05) is 25.5 Å². The van der Waals surface area contributed by atoms with Crippen LogP contribution >= 0.6 is 23.2 Å². The standard InChI is InChI=1S/C23H22Cl2N6O/c1-32-16-5-7-19-20(12-16)31(22(29-19)14-4-6-17(24)18(25)11-14)21-8-10-27-23(30-21)28-15-3-2-9-26-13-15/h4-8,10-12,15,26H,2-3,9,13H2,1H3,(H,27,28,30)/t15-/m0/s1. The van der Waals surface area contributed by atoms with E-state index in [4.69, 9.17) is 37.9 Å². The second-order valence-corrected chi connectivity index (χ2v) is 8.49. The molecule has 1 aliphatic heterocycles. The molecule has 1 fully saturated rings. The van der Waals surface area contributed by atoms with Gasteiger partial charge in [0.15, 0.2) is 0 Å². The van der Waals surface area contributed by atoms with Gasteiger partial charge >= 0.3 is 0 Å². The van der Waals surface area contributed by atoms with Gasteiger partial charge in [0.1, 0.15) is 17.4 Å². The molecular weight excluding hydrogens is 447 g/mol. The molecule has 0 radical (unpaired) electrons. The quantitative estimate of drug-likeness (QED) is 0.430. The van der Waals surface area contributed by atoms with Crippen molar-refractivity contribution in [1.82, 2.24) is 24.8 Å². The lowest BCUT2D eigenvalue weighted by Crippen LogP contribution is -2.38. The van der Waals surface area contributed by atoms with Gasteiger partial charge in [-0.15, -0.1) is 0 Å². The van der Waals surface area contributed by atoms with Gasteiger partial charge in [-0.2, -0.15) is 4.98 Å². The minimum atomic E-state index is 0.299.